The first-order valence-corrected chi connectivity index (χ1v) is 8.12. The van der Waals surface area contributed by atoms with Crippen molar-refractivity contribution in [1.29, 1.82) is 0 Å². The Morgan fingerprint density at radius 1 is 0.962 bits per heavy atom. The number of carbonyl (C=O) groups is 3. The van der Waals surface area contributed by atoms with E-state index in [0.717, 1.165) is 9.80 Å². The summed E-state index contributed by atoms with van der Waals surface area (Å²) in [5.41, 5.74) is 0.295. The van der Waals surface area contributed by atoms with Crippen LogP contribution in [0.2, 0.25) is 5.02 Å². The van der Waals surface area contributed by atoms with E-state index in [2.05, 4.69) is 0 Å². The van der Waals surface area contributed by atoms with Crippen molar-refractivity contribution in [1.82, 2.24) is 4.90 Å². The highest BCUT2D eigenvalue weighted by Gasteiger charge is 2.45. The molecule has 8 heteroatoms. The number of ether oxygens (including phenoxy) is 2. The van der Waals surface area contributed by atoms with E-state index in [1.807, 2.05) is 0 Å². The van der Waals surface area contributed by atoms with Crippen LogP contribution in [0.15, 0.2) is 48.5 Å². The number of para-hydroxylation sites is 1. The Morgan fingerprint density at radius 3 is 2.31 bits per heavy atom. The van der Waals surface area contributed by atoms with Crippen molar-refractivity contribution in [3.05, 3.63) is 53.6 Å². The molecule has 1 fully saturated rings. The molecule has 3 rings (SSSR count). The van der Waals surface area contributed by atoms with Crippen LogP contribution in [-0.2, 0) is 9.59 Å². The zero-order valence-electron chi connectivity index (χ0n) is 13.8. The Morgan fingerprint density at radius 2 is 1.65 bits per heavy atom. The lowest BCUT2D eigenvalue weighted by Crippen LogP contribution is -2.36. The average molecular weight is 375 g/mol. The van der Waals surface area contributed by atoms with Gasteiger partial charge in [-0.05, 0) is 36.4 Å². The molecule has 1 heterocycles. The maximum absolute atomic E-state index is 12.5. The van der Waals surface area contributed by atoms with Gasteiger partial charge >= 0.3 is 17.8 Å². The number of rotatable bonds is 6. The van der Waals surface area contributed by atoms with E-state index in [-0.39, 0.29) is 13.2 Å². The average Bonchev–Trinajstić information content (AvgIpc) is 2.86. The first kappa shape index (κ1) is 17.8. The molecule has 0 spiro atoms. The van der Waals surface area contributed by atoms with E-state index in [0.29, 0.717) is 22.2 Å². The van der Waals surface area contributed by atoms with Gasteiger partial charge in [-0.1, -0.05) is 23.7 Å². The highest BCUT2D eigenvalue weighted by molar-refractivity contribution is 6.52. The normalized spacial score (nSPS) is 14.2. The molecule has 1 aliphatic rings. The maximum Gasteiger partial charge on any atom is 0.339 e. The van der Waals surface area contributed by atoms with Crippen molar-refractivity contribution >= 4 is 35.1 Å². The second kappa shape index (κ2) is 7.45. The third-order valence-electron chi connectivity index (χ3n) is 3.79. The van der Waals surface area contributed by atoms with Gasteiger partial charge in [-0.3, -0.25) is 14.5 Å². The molecule has 0 aliphatic carbocycles. The number of hydrogen-bond donors (Lipinski definition) is 0. The second-order valence-electron chi connectivity index (χ2n) is 5.36. The van der Waals surface area contributed by atoms with Gasteiger partial charge in [-0.2, -0.15) is 0 Å². The van der Waals surface area contributed by atoms with Gasteiger partial charge in [0.25, 0.3) is 0 Å². The Bertz CT molecular complexity index is 853. The van der Waals surface area contributed by atoms with Crippen molar-refractivity contribution in [3.8, 4) is 11.5 Å². The fourth-order valence-electron chi connectivity index (χ4n) is 2.47. The Kier molecular flexibility index (Phi) is 5.09. The van der Waals surface area contributed by atoms with E-state index >= 15 is 0 Å². The third kappa shape index (κ3) is 3.34. The van der Waals surface area contributed by atoms with E-state index in [9.17, 15) is 14.4 Å². The number of carbonyl (C=O) groups excluding carboxylic acids is 3. The van der Waals surface area contributed by atoms with Crippen molar-refractivity contribution in [2.24, 2.45) is 0 Å². The molecule has 2 aromatic rings. The number of nitrogens with zero attached hydrogens (tertiary/aromatic N) is 2. The van der Waals surface area contributed by atoms with Crippen LogP contribution in [0.4, 0.5) is 10.5 Å². The summed E-state index contributed by atoms with van der Waals surface area (Å²) in [6.45, 7) is -0.0494. The zero-order valence-corrected chi connectivity index (χ0v) is 14.6. The predicted molar refractivity (Wildman–Crippen MR) is 94.5 cm³/mol. The molecule has 2 aromatic carbocycles. The molecule has 0 radical (unpaired) electrons. The summed E-state index contributed by atoms with van der Waals surface area (Å²) >= 11 is 5.98. The van der Waals surface area contributed by atoms with E-state index < -0.39 is 17.8 Å². The number of urea groups is 1. The van der Waals surface area contributed by atoms with E-state index in [4.69, 9.17) is 21.1 Å². The van der Waals surface area contributed by atoms with Gasteiger partial charge in [0.1, 0.15) is 18.1 Å². The summed E-state index contributed by atoms with van der Waals surface area (Å²) in [4.78, 5) is 38.5. The molecule has 7 nitrogen and oxygen atoms in total. The molecule has 26 heavy (non-hydrogen) atoms. The van der Waals surface area contributed by atoms with Gasteiger partial charge in [0.2, 0.25) is 0 Å². The van der Waals surface area contributed by atoms with Crippen molar-refractivity contribution in [2.75, 3.05) is 25.2 Å². The number of anilines is 1. The van der Waals surface area contributed by atoms with Crippen LogP contribution in [0, 0.1) is 0 Å². The highest BCUT2D eigenvalue weighted by Crippen LogP contribution is 2.25. The smallest absolute Gasteiger partial charge is 0.339 e. The predicted octanol–water partition coefficient (Wildman–Crippen LogP) is 2.72. The largest absolute Gasteiger partial charge is 0.497 e. The summed E-state index contributed by atoms with van der Waals surface area (Å²) < 4.78 is 10.5. The van der Waals surface area contributed by atoms with Gasteiger partial charge in [-0.15, -0.1) is 0 Å². The highest BCUT2D eigenvalue weighted by atomic mass is 35.5. The number of methoxy groups -OCH3 is 1. The summed E-state index contributed by atoms with van der Waals surface area (Å²) in [6.07, 6.45) is 0. The molecule has 0 saturated carbocycles. The zero-order chi connectivity index (χ0) is 18.7. The molecule has 1 saturated heterocycles. The lowest BCUT2D eigenvalue weighted by molar-refractivity contribution is -0.139. The lowest BCUT2D eigenvalue weighted by atomic mass is 10.3. The number of imide groups is 2. The topological polar surface area (TPSA) is 76.2 Å². The van der Waals surface area contributed by atoms with E-state index in [1.165, 1.54) is 19.2 Å². The van der Waals surface area contributed by atoms with Gasteiger partial charge in [0, 0.05) is 0 Å². The van der Waals surface area contributed by atoms with Crippen LogP contribution in [0.1, 0.15) is 0 Å². The first-order chi connectivity index (χ1) is 12.5. The molecular weight excluding hydrogens is 360 g/mol. The Hall–Kier alpha value is -3.06. The van der Waals surface area contributed by atoms with Crippen LogP contribution < -0.4 is 14.4 Å². The second-order valence-corrected chi connectivity index (χ2v) is 5.76. The van der Waals surface area contributed by atoms with Gasteiger partial charge in [0.05, 0.1) is 24.4 Å². The third-order valence-corrected chi connectivity index (χ3v) is 4.11. The molecular formula is C18H15ClN2O5. The summed E-state index contributed by atoms with van der Waals surface area (Å²) in [5.74, 6) is -0.790. The SMILES string of the molecule is COc1ccc(N2C(=O)C(=O)N(CCOc3ccccc3Cl)C2=O)cc1. The number of benzene rings is 2. The molecule has 0 atom stereocenters. The van der Waals surface area contributed by atoms with Crippen molar-refractivity contribution in [3.63, 3.8) is 0 Å². The summed E-state index contributed by atoms with van der Waals surface area (Å²) in [5, 5.41) is 0.419. The van der Waals surface area contributed by atoms with Crippen molar-refractivity contribution < 1.29 is 23.9 Å². The minimum Gasteiger partial charge on any atom is -0.497 e. The van der Waals surface area contributed by atoms with Crippen LogP contribution in [0.5, 0.6) is 11.5 Å². The summed E-state index contributed by atoms with van der Waals surface area (Å²) in [6, 6.07) is 12.4. The molecule has 0 aromatic heterocycles. The van der Waals surface area contributed by atoms with Gasteiger partial charge in [0.15, 0.2) is 0 Å². The molecule has 134 valence electrons. The molecule has 4 amide bonds. The van der Waals surface area contributed by atoms with Crippen LogP contribution in [0.25, 0.3) is 0 Å². The minimum absolute atomic E-state index is 0.0188. The van der Waals surface area contributed by atoms with Crippen LogP contribution in [-0.4, -0.2) is 43.0 Å². The lowest BCUT2D eigenvalue weighted by Gasteiger charge is -2.16. The molecule has 1 aliphatic heterocycles. The standard InChI is InChI=1S/C18H15ClN2O5/c1-25-13-8-6-12(7-9-13)21-17(23)16(22)20(18(21)24)10-11-26-15-5-3-2-4-14(15)19/h2-9H,10-11H2,1H3. The van der Waals surface area contributed by atoms with Crippen LogP contribution in [0.3, 0.4) is 0 Å². The van der Waals surface area contributed by atoms with Gasteiger partial charge in [-0.25, -0.2) is 9.69 Å². The fourth-order valence-corrected chi connectivity index (χ4v) is 2.66. The number of hydrogen-bond acceptors (Lipinski definition) is 5. The molecule has 0 N–H and O–H groups in total. The Labute approximate surface area is 154 Å². The quantitative estimate of drug-likeness (QED) is 0.574. The van der Waals surface area contributed by atoms with Gasteiger partial charge < -0.3 is 9.47 Å². The van der Waals surface area contributed by atoms with E-state index in [1.54, 1.807) is 36.4 Å². The van der Waals surface area contributed by atoms with Crippen molar-refractivity contribution in [2.45, 2.75) is 0 Å². The summed E-state index contributed by atoms with van der Waals surface area (Å²) in [7, 11) is 1.51. The molecule has 0 bridgehead atoms. The first-order valence-electron chi connectivity index (χ1n) is 7.74. The number of amides is 4. The minimum atomic E-state index is -0.905. The van der Waals surface area contributed by atoms with Crippen LogP contribution >= 0.6 is 11.6 Å². The molecule has 0 unspecified atom stereocenters. The fraction of sp³-hybridized carbons (Fsp3) is 0.167. The maximum atomic E-state index is 12.5. The Balaban J connectivity index is 1.69. The monoisotopic (exact) mass is 374 g/mol. The number of halogens is 1.